The lowest BCUT2D eigenvalue weighted by molar-refractivity contribution is 0.0601. The topological polar surface area (TPSA) is 57.2 Å². The van der Waals surface area contributed by atoms with Crippen LogP contribution in [0.4, 0.5) is 0 Å². The minimum atomic E-state index is -0.00721. The SMILES string of the molecule is COc1ccc(CCC2CCCCN2C(=O)c2cc(Cl)c3c(c2)OCO3)cc1OC. The number of ether oxygens (including phenoxy) is 4. The van der Waals surface area contributed by atoms with E-state index in [1.807, 2.05) is 23.1 Å². The Balaban J connectivity index is 1.48. The molecule has 0 radical (unpaired) electrons. The van der Waals surface area contributed by atoms with Gasteiger partial charge in [-0.2, -0.15) is 0 Å². The Morgan fingerprint density at radius 3 is 2.77 bits per heavy atom. The standard InChI is InChI=1S/C23H26ClNO5/c1-27-19-9-7-15(11-20(19)28-2)6-8-17-5-3-4-10-25(17)23(26)16-12-18(24)22-21(13-16)29-14-30-22/h7,9,11-13,17H,3-6,8,10,14H2,1-2H3. The zero-order chi connectivity index (χ0) is 21.1. The average molecular weight is 432 g/mol. The van der Waals surface area contributed by atoms with E-state index in [4.69, 9.17) is 30.5 Å². The number of piperidine rings is 1. The number of carbonyl (C=O) groups is 1. The van der Waals surface area contributed by atoms with Crippen LogP contribution in [0.1, 0.15) is 41.6 Å². The second-order valence-corrected chi connectivity index (χ2v) is 7.98. The van der Waals surface area contributed by atoms with Gasteiger partial charge in [0.25, 0.3) is 5.91 Å². The summed E-state index contributed by atoms with van der Waals surface area (Å²) in [5.41, 5.74) is 1.71. The van der Waals surface area contributed by atoms with Gasteiger partial charge in [-0.3, -0.25) is 4.79 Å². The molecule has 1 amide bonds. The molecule has 0 N–H and O–H groups in total. The lowest BCUT2D eigenvalue weighted by Crippen LogP contribution is -2.44. The third-order valence-corrected chi connectivity index (χ3v) is 6.06. The number of fused-ring (bicyclic) bond motifs is 1. The molecule has 2 aliphatic rings. The van der Waals surface area contributed by atoms with Crippen molar-refractivity contribution in [2.75, 3.05) is 27.6 Å². The van der Waals surface area contributed by atoms with E-state index in [9.17, 15) is 4.79 Å². The number of aryl methyl sites for hydroxylation is 1. The summed E-state index contributed by atoms with van der Waals surface area (Å²) in [4.78, 5) is 15.3. The number of carbonyl (C=O) groups excluding carboxylic acids is 1. The van der Waals surface area contributed by atoms with E-state index < -0.39 is 0 Å². The van der Waals surface area contributed by atoms with E-state index in [1.54, 1.807) is 26.4 Å². The van der Waals surface area contributed by atoms with Crippen LogP contribution in [0.2, 0.25) is 5.02 Å². The van der Waals surface area contributed by atoms with Crippen molar-refractivity contribution in [2.45, 2.75) is 38.1 Å². The molecular weight excluding hydrogens is 406 g/mol. The summed E-state index contributed by atoms with van der Waals surface area (Å²) in [6, 6.07) is 9.57. The zero-order valence-corrected chi connectivity index (χ0v) is 18.0. The second kappa shape index (κ2) is 9.04. The van der Waals surface area contributed by atoms with Crippen LogP contribution in [0.15, 0.2) is 30.3 Å². The van der Waals surface area contributed by atoms with Gasteiger partial charge < -0.3 is 23.8 Å². The molecule has 2 heterocycles. The number of halogens is 1. The van der Waals surface area contributed by atoms with Gasteiger partial charge in [-0.15, -0.1) is 0 Å². The summed E-state index contributed by atoms with van der Waals surface area (Å²) in [6.45, 7) is 0.881. The minimum Gasteiger partial charge on any atom is -0.493 e. The molecule has 4 rings (SSSR count). The predicted octanol–water partition coefficient (Wildman–Crippen LogP) is 4.71. The molecule has 0 bridgehead atoms. The molecule has 2 aromatic rings. The van der Waals surface area contributed by atoms with Crippen LogP contribution in [0.5, 0.6) is 23.0 Å². The first-order valence-corrected chi connectivity index (χ1v) is 10.6. The highest BCUT2D eigenvalue weighted by atomic mass is 35.5. The van der Waals surface area contributed by atoms with Gasteiger partial charge in [0.2, 0.25) is 6.79 Å². The van der Waals surface area contributed by atoms with Crippen LogP contribution in [-0.4, -0.2) is 44.4 Å². The number of methoxy groups -OCH3 is 2. The van der Waals surface area contributed by atoms with Crippen molar-refractivity contribution in [1.82, 2.24) is 4.90 Å². The Kier molecular flexibility index (Phi) is 6.23. The zero-order valence-electron chi connectivity index (χ0n) is 17.3. The summed E-state index contributed by atoms with van der Waals surface area (Å²) < 4.78 is 21.5. The molecule has 0 aliphatic carbocycles. The van der Waals surface area contributed by atoms with Crippen LogP contribution >= 0.6 is 11.6 Å². The Hall–Kier alpha value is -2.60. The van der Waals surface area contributed by atoms with E-state index in [0.717, 1.165) is 55.7 Å². The van der Waals surface area contributed by atoms with E-state index in [-0.39, 0.29) is 18.7 Å². The molecular formula is C23H26ClNO5. The summed E-state index contributed by atoms with van der Waals surface area (Å²) in [5.74, 6) is 2.48. The monoisotopic (exact) mass is 431 g/mol. The molecule has 2 aliphatic heterocycles. The van der Waals surface area contributed by atoms with Crippen molar-refractivity contribution in [2.24, 2.45) is 0 Å². The fourth-order valence-electron chi connectivity index (χ4n) is 4.19. The number of hydrogen-bond acceptors (Lipinski definition) is 5. The van der Waals surface area contributed by atoms with E-state index >= 15 is 0 Å². The van der Waals surface area contributed by atoms with Crippen molar-refractivity contribution in [3.05, 3.63) is 46.5 Å². The smallest absolute Gasteiger partial charge is 0.254 e. The Bertz CT molecular complexity index is 932. The summed E-state index contributed by atoms with van der Waals surface area (Å²) >= 11 is 6.29. The minimum absolute atomic E-state index is 0.00721. The molecule has 6 nitrogen and oxygen atoms in total. The van der Waals surface area contributed by atoms with E-state index in [1.165, 1.54) is 0 Å². The van der Waals surface area contributed by atoms with Gasteiger partial charge in [0.05, 0.1) is 19.2 Å². The predicted molar refractivity (Wildman–Crippen MR) is 114 cm³/mol. The summed E-state index contributed by atoms with van der Waals surface area (Å²) in [7, 11) is 3.27. The van der Waals surface area contributed by atoms with Gasteiger partial charge in [-0.05, 0) is 61.9 Å². The summed E-state index contributed by atoms with van der Waals surface area (Å²) in [6.07, 6.45) is 4.88. The number of amides is 1. The highest BCUT2D eigenvalue weighted by Crippen LogP contribution is 2.40. The molecule has 2 aromatic carbocycles. The van der Waals surface area contributed by atoms with Crippen LogP contribution in [0.25, 0.3) is 0 Å². The highest BCUT2D eigenvalue weighted by molar-refractivity contribution is 6.32. The molecule has 30 heavy (non-hydrogen) atoms. The molecule has 0 saturated carbocycles. The molecule has 1 saturated heterocycles. The number of hydrogen-bond donors (Lipinski definition) is 0. The second-order valence-electron chi connectivity index (χ2n) is 7.57. The lowest BCUT2D eigenvalue weighted by atomic mass is 9.95. The van der Waals surface area contributed by atoms with E-state index in [2.05, 4.69) is 0 Å². The maximum absolute atomic E-state index is 13.3. The molecule has 1 atom stereocenters. The molecule has 160 valence electrons. The van der Waals surface area contributed by atoms with Gasteiger partial charge in [-0.25, -0.2) is 0 Å². The molecule has 1 unspecified atom stereocenters. The maximum atomic E-state index is 13.3. The van der Waals surface area contributed by atoms with Crippen molar-refractivity contribution in [3.63, 3.8) is 0 Å². The van der Waals surface area contributed by atoms with Gasteiger partial charge >= 0.3 is 0 Å². The third kappa shape index (κ3) is 4.15. The highest BCUT2D eigenvalue weighted by Gasteiger charge is 2.29. The van der Waals surface area contributed by atoms with Crippen molar-refractivity contribution in [3.8, 4) is 23.0 Å². The van der Waals surface area contributed by atoms with Crippen LogP contribution in [-0.2, 0) is 6.42 Å². The van der Waals surface area contributed by atoms with Crippen molar-refractivity contribution < 1.29 is 23.7 Å². The number of nitrogens with zero attached hydrogens (tertiary/aromatic N) is 1. The largest absolute Gasteiger partial charge is 0.493 e. The van der Waals surface area contributed by atoms with Crippen molar-refractivity contribution in [1.29, 1.82) is 0 Å². The molecule has 7 heteroatoms. The number of benzene rings is 2. The van der Waals surface area contributed by atoms with Gasteiger partial charge in [0, 0.05) is 18.2 Å². The Morgan fingerprint density at radius 1 is 1.13 bits per heavy atom. The molecule has 0 spiro atoms. The third-order valence-electron chi connectivity index (χ3n) is 5.78. The molecule has 0 aromatic heterocycles. The van der Waals surface area contributed by atoms with Gasteiger partial charge in [-0.1, -0.05) is 17.7 Å². The first-order valence-electron chi connectivity index (χ1n) is 10.2. The normalized spacial score (nSPS) is 17.7. The maximum Gasteiger partial charge on any atom is 0.254 e. The number of likely N-dealkylation sites (tertiary alicyclic amines) is 1. The van der Waals surface area contributed by atoms with Crippen LogP contribution < -0.4 is 18.9 Å². The van der Waals surface area contributed by atoms with Gasteiger partial charge in [0.15, 0.2) is 23.0 Å². The van der Waals surface area contributed by atoms with Crippen molar-refractivity contribution >= 4 is 17.5 Å². The fraction of sp³-hybridized carbons (Fsp3) is 0.435. The Morgan fingerprint density at radius 2 is 1.97 bits per heavy atom. The Labute approximate surface area is 181 Å². The first-order chi connectivity index (χ1) is 14.6. The van der Waals surface area contributed by atoms with E-state index in [0.29, 0.717) is 22.1 Å². The van der Waals surface area contributed by atoms with Gasteiger partial charge in [0.1, 0.15) is 0 Å². The van der Waals surface area contributed by atoms with Crippen LogP contribution in [0, 0.1) is 0 Å². The lowest BCUT2D eigenvalue weighted by Gasteiger charge is -2.36. The summed E-state index contributed by atoms with van der Waals surface area (Å²) in [5, 5.41) is 0.409. The quantitative estimate of drug-likeness (QED) is 0.662. The average Bonchev–Trinajstić information content (AvgIpc) is 3.26. The molecule has 1 fully saturated rings. The van der Waals surface area contributed by atoms with Crippen LogP contribution in [0.3, 0.4) is 0 Å². The number of rotatable bonds is 6. The fourth-order valence-corrected chi connectivity index (χ4v) is 4.46. The first kappa shape index (κ1) is 20.7.